The zero-order valence-corrected chi connectivity index (χ0v) is 18.9. The van der Waals surface area contributed by atoms with Crippen LogP contribution < -0.4 is 10.2 Å². The Kier molecular flexibility index (Phi) is 6.54. The maximum absolute atomic E-state index is 14.6. The van der Waals surface area contributed by atoms with Crippen LogP contribution in [-0.2, 0) is 20.9 Å². The lowest BCUT2D eigenvalue weighted by Crippen LogP contribution is -2.35. The maximum atomic E-state index is 14.6. The molecule has 1 aliphatic rings. The van der Waals surface area contributed by atoms with Gasteiger partial charge in [0.1, 0.15) is 11.5 Å². The fourth-order valence-corrected chi connectivity index (χ4v) is 4.00. The average molecular weight is 458 g/mol. The van der Waals surface area contributed by atoms with Gasteiger partial charge in [-0.15, -0.1) is 0 Å². The van der Waals surface area contributed by atoms with Crippen LogP contribution >= 0.6 is 0 Å². The number of hydrogen-bond acceptors (Lipinski definition) is 4. The molecule has 3 amide bonds. The number of anilines is 2. The van der Waals surface area contributed by atoms with Gasteiger partial charge < -0.3 is 10.2 Å². The van der Waals surface area contributed by atoms with Crippen molar-refractivity contribution in [2.24, 2.45) is 0 Å². The molecule has 3 aromatic rings. The predicted octanol–water partition coefficient (Wildman–Crippen LogP) is 4.59. The third-order valence-electron chi connectivity index (χ3n) is 5.56. The number of para-hydroxylation sites is 1. The van der Waals surface area contributed by atoms with Crippen molar-refractivity contribution in [2.75, 3.05) is 16.8 Å². The first-order valence-electron chi connectivity index (χ1n) is 10.9. The SMILES string of the molecule is CCN(Cc1ccccc1)C1=C(c2ccc(NC(C)=O)cc2)C(=O)N(c2ccccc2F)C1=O. The van der Waals surface area contributed by atoms with Crippen LogP contribution in [0.25, 0.3) is 5.57 Å². The monoisotopic (exact) mass is 457 g/mol. The molecule has 0 aliphatic carbocycles. The van der Waals surface area contributed by atoms with Crippen molar-refractivity contribution in [3.8, 4) is 0 Å². The summed E-state index contributed by atoms with van der Waals surface area (Å²) in [6.07, 6.45) is 0. The van der Waals surface area contributed by atoms with E-state index in [-0.39, 0.29) is 22.9 Å². The molecule has 172 valence electrons. The number of hydrogen-bond donors (Lipinski definition) is 1. The summed E-state index contributed by atoms with van der Waals surface area (Å²) < 4.78 is 14.6. The lowest BCUT2D eigenvalue weighted by Gasteiger charge is -2.25. The van der Waals surface area contributed by atoms with E-state index in [1.54, 1.807) is 30.3 Å². The van der Waals surface area contributed by atoms with Gasteiger partial charge in [-0.3, -0.25) is 14.4 Å². The molecule has 0 bridgehead atoms. The largest absolute Gasteiger partial charge is 0.362 e. The van der Waals surface area contributed by atoms with Gasteiger partial charge in [-0.05, 0) is 42.3 Å². The van der Waals surface area contributed by atoms with E-state index in [0.717, 1.165) is 10.5 Å². The summed E-state index contributed by atoms with van der Waals surface area (Å²) in [4.78, 5) is 41.3. The van der Waals surface area contributed by atoms with Gasteiger partial charge in [0.15, 0.2) is 0 Å². The van der Waals surface area contributed by atoms with Crippen LogP contribution in [0, 0.1) is 5.82 Å². The topological polar surface area (TPSA) is 69.7 Å². The van der Waals surface area contributed by atoms with Gasteiger partial charge in [0.05, 0.1) is 11.3 Å². The molecular weight excluding hydrogens is 433 g/mol. The van der Waals surface area contributed by atoms with E-state index in [2.05, 4.69) is 5.32 Å². The highest BCUT2D eigenvalue weighted by Crippen LogP contribution is 2.36. The van der Waals surface area contributed by atoms with Gasteiger partial charge >= 0.3 is 0 Å². The second-order valence-corrected chi connectivity index (χ2v) is 7.88. The Hall–Kier alpha value is -4.26. The number of nitrogens with one attached hydrogen (secondary N) is 1. The third-order valence-corrected chi connectivity index (χ3v) is 5.56. The highest BCUT2D eigenvalue weighted by atomic mass is 19.1. The minimum absolute atomic E-state index is 0.0874. The molecule has 1 aliphatic heterocycles. The van der Waals surface area contributed by atoms with Crippen molar-refractivity contribution >= 4 is 34.7 Å². The molecule has 34 heavy (non-hydrogen) atoms. The van der Waals surface area contributed by atoms with Crippen molar-refractivity contribution in [2.45, 2.75) is 20.4 Å². The van der Waals surface area contributed by atoms with Gasteiger partial charge in [0, 0.05) is 25.7 Å². The molecule has 6 nitrogen and oxygen atoms in total. The summed E-state index contributed by atoms with van der Waals surface area (Å²) in [5, 5.41) is 2.69. The van der Waals surface area contributed by atoms with Gasteiger partial charge in [0.25, 0.3) is 11.8 Å². The number of imide groups is 1. The number of halogens is 1. The fraction of sp³-hybridized carbons (Fsp3) is 0.148. The zero-order chi connectivity index (χ0) is 24.2. The Labute approximate surface area is 197 Å². The molecule has 1 N–H and O–H groups in total. The second kappa shape index (κ2) is 9.70. The minimum Gasteiger partial charge on any atom is -0.362 e. The van der Waals surface area contributed by atoms with E-state index >= 15 is 0 Å². The molecule has 0 radical (unpaired) electrons. The molecule has 0 aromatic heterocycles. The van der Waals surface area contributed by atoms with Crippen molar-refractivity contribution in [1.82, 2.24) is 4.90 Å². The second-order valence-electron chi connectivity index (χ2n) is 7.88. The normalized spacial score (nSPS) is 13.4. The number of carbonyl (C=O) groups is 3. The summed E-state index contributed by atoms with van der Waals surface area (Å²) in [6, 6.07) is 22.0. The van der Waals surface area contributed by atoms with E-state index in [1.165, 1.54) is 25.1 Å². The van der Waals surface area contributed by atoms with Crippen LogP contribution in [0.3, 0.4) is 0 Å². The first-order valence-corrected chi connectivity index (χ1v) is 10.9. The van der Waals surface area contributed by atoms with E-state index in [9.17, 15) is 18.8 Å². The van der Waals surface area contributed by atoms with Crippen molar-refractivity contribution < 1.29 is 18.8 Å². The number of likely N-dealkylation sites (N-methyl/N-ethyl adjacent to an activating group) is 1. The van der Waals surface area contributed by atoms with E-state index < -0.39 is 17.6 Å². The van der Waals surface area contributed by atoms with Gasteiger partial charge in [-0.1, -0.05) is 54.6 Å². The Morgan fingerprint density at radius 1 is 0.912 bits per heavy atom. The van der Waals surface area contributed by atoms with E-state index in [1.807, 2.05) is 42.2 Å². The minimum atomic E-state index is -0.656. The van der Waals surface area contributed by atoms with E-state index in [4.69, 9.17) is 0 Å². The summed E-state index contributed by atoms with van der Waals surface area (Å²) in [6.45, 7) is 4.17. The van der Waals surface area contributed by atoms with Gasteiger partial charge in [-0.2, -0.15) is 0 Å². The maximum Gasteiger partial charge on any atom is 0.282 e. The Morgan fingerprint density at radius 3 is 2.18 bits per heavy atom. The van der Waals surface area contributed by atoms with Crippen molar-refractivity contribution in [1.29, 1.82) is 0 Å². The van der Waals surface area contributed by atoms with Crippen LogP contribution in [0.4, 0.5) is 15.8 Å². The molecule has 0 fully saturated rings. The summed E-state index contributed by atoms with van der Waals surface area (Å²) in [5.74, 6) is -2.04. The van der Waals surface area contributed by atoms with Crippen LogP contribution in [-0.4, -0.2) is 29.2 Å². The molecular formula is C27H24FN3O3. The molecule has 0 atom stereocenters. The quantitative estimate of drug-likeness (QED) is 0.527. The highest BCUT2D eigenvalue weighted by Gasteiger charge is 2.43. The molecule has 1 heterocycles. The summed E-state index contributed by atoms with van der Waals surface area (Å²) >= 11 is 0. The Morgan fingerprint density at radius 2 is 1.56 bits per heavy atom. The van der Waals surface area contributed by atoms with Crippen molar-refractivity contribution in [3.05, 3.63) is 102 Å². The smallest absolute Gasteiger partial charge is 0.282 e. The molecule has 0 spiro atoms. The lowest BCUT2D eigenvalue weighted by atomic mass is 10.0. The first kappa shape index (κ1) is 22.9. The summed E-state index contributed by atoms with van der Waals surface area (Å²) in [5.41, 5.74) is 2.37. The van der Waals surface area contributed by atoms with Crippen LogP contribution in [0.2, 0.25) is 0 Å². The number of amides is 3. The van der Waals surface area contributed by atoms with Gasteiger partial charge in [-0.25, -0.2) is 9.29 Å². The summed E-state index contributed by atoms with van der Waals surface area (Å²) in [7, 11) is 0. The number of nitrogens with zero attached hydrogens (tertiary/aromatic N) is 2. The number of rotatable bonds is 7. The molecule has 0 saturated heterocycles. The number of carbonyl (C=O) groups excluding carboxylic acids is 3. The molecule has 0 unspecified atom stereocenters. The molecule has 3 aromatic carbocycles. The van der Waals surface area contributed by atoms with Crippen LogP contribution in [0.1, 0.15) is 25.0 Å². The molecule has 0 saturated carbocycles. The third kappa shape index (κ3) is 4.45. The average Bonchev–Trinajstić information content (AvgIpc) is 3.08. The molecule has 7 heteroatoms. The predicted molar refractivity (Wildman–Crippen MR) is 129 cm³/mol. The lowest BCUT2D eigenvalue weighted by molar-refractivity contribution is -0.121. The van der Waals surface area contributed by atoms with Crippen LogP contribution in [0.15, 0.2) is 84.6 Å². The van der Waals surface area contributed by atoms with Crippen molar-refractivity contribution in [3.63, 3.8) is 0 Å². The fourth-order valence-electron chi connectivity index (χ4n) is 4.00. The Bertz CT molecular complexity index is 1270. The highest BCUT2D eigenvalue weighted by molar-refractivity contribution is 6.45. The standard InChI is InChI=1S/C27H24FN3O3/c1-3-30(17-19-9-5-4-6-10-19)25-24(20-13-15-21(16-14-20)29-18(2)32)26(33)31(27(25)34)23-12-8-7-11-22(23)28/h4-16H,3,17H2,1-2H3,(H,29,32). The molecule has 4 rings (SSSR count). The van der Waals surface area contributed by atoms with Gasteiger partial charge in [0.2, 0.25) is 5.91 Å². The van der Waals surface area contributed by atoms with E-state index in [0.29, 0.717) is 24.3 Å². The number of benzene rings is 3. The van der Waals surface area contributed by atoms with Crippen LogP contribution in [0.5, 0.6) is 0 Å². The zero-order valence-electron chi connectivity index (χ0n) is 18.9. The Balaban J connectivity index is 1.82. The first-order chi connectivity index (χ1) is 16.4.